The van der Waals surface area contributed by atoms with E-state index in [1.165, 1.54) is 5.56 Å². The molecule has 0 radical (unpaired) electrons. The fourth-order valence-corrected chi connectivity index (χ4v) is 1.84. The van der Waals surface area contributed by atoms with Crippen LogP contribution in [0, 0.1) is 0 Å². The van der Waals surface area contributed by atoms with E-state index in [-0.39, 0.29) is 12.6 Å². The molecule has 0 fully saturated rings. The summed E-state index contributed by atoms with van der Waals surface area (Å²) < 4.78 is 40.7. The van der Waals surface area contributed by atoms with Gasteiger partial charge in [-0.05, 0) is 24.9 Å². The van der Waals surface area contributed by atoms with Crippen LogP contribution in [0.5, 0.6) is 0 Å². The van der Waals surface area contributed by atoms with Crippen LogP contribution in [-0.4, -0.2) is 32.0 Å². The Balaban J connectivity index is 2.32. The van der Waals surface area contributed by atoms with Crippen LogP contribution < -0.4 is 5.32 Å². The Morgan fingerprint density at radius 1 is 1.21 bits per heavy atom. The highest BCUT2D eigenvalue weighted by Gasteiger charge is 2.27. The largest absolute Gasteiger partial charge is 0.411 e. The number of aryl methyl sites for hydroxylation is 1. The summed E-state index contributed by atoms with van der Waals surface area (Å²) in [6.07, 6.45) is -2.67. The molecule has 0 heterocycles. The average molecular weight is 275 g/mol. The Labute approximate surface area is 112 Å². The smallest absolute Gasteiger partial charge is 0.370 e. The van der Waals surface area contributed by atoms with E-state index < -0.39 is 12.8 Å². The number of rotatable bonds is 8. The predicted octanol–water partition coefficient (Wildman–Crippen LogP) is 3.18. The van der Waals surface area contributed by atoms with Crippen molar-refractivity contribution in [2.75, 3.05) is 19.8 Å². The van der Waals surface area contributed by atoms with Gasteiger partial charge < -0.3 is 10.1 Å². The summed E-state index contributed by atoms with van der Waals surface area (Å²) in [6.45, 7) is 1.55. The first-order valence-electron chi connectivity index (χ1n) is 6.43. The SMILES string of the molecule is CCNC(CCc1ccccc1)COCC(F)(F)F. The minimum Gasteiger partial charge on any atom is -0.370 e. The van der Waals surface area contributed by atoms with Gasteiger partial charge in [0.25, 0.3) is 0 Å². The molecule has 0 saturated carbocycles. The third-order valence-corrected chi connectivity index (χ3v) is 2.70. The van der Waals surface area contributed by atoms with Gasteiger partial charge in [0.1, 0.15) is 6.61 Å². The molecule has 1 aromatic rings. The standard InChI is InChI=1S/C14H20F3NO/c1-2-18-13(10-19-11-14(15,16)17)9-8-12-6-4-3-5-7-12/h3-7,13,18H,2,8-11H2,1H3. The quantitative estimate of drug-likeness (QED) is 0.787. The highest BCUT2D eigenvalue weighted by atomic mass is 19.4. The van der Waals surface area contributed by atoms with Gasteiger partial charge in [-0.25, -0.2) is 0 Å². The van der Waals surface area contributed by atoms with Crippen LogP contribution in [0.4, 0.5) is 13.2 Å². The van der Waals surface area contributed by atoms with E-state index in [1.807, 2.05) is 37.3 Å². The number of halogens is 3. The zero-order valence-electron chi connectivity index (χ0n) is 11.0. The van der Waals surface area contributed by atoms with E-state index in [0.717, 1.165) is 19.4 Å². The summed E-state index contributed by atoms with van der Waals surface area (Å²) in [5.41, 5.74) is 1.18. The molecule has 1 rings (SSSR count). The van der Waals surface area contributed by atoms with Gasteiger partial charge in [-0.15, -0.1) is 0 Å². The Kier molecular flexibility index (Phi) is 6.87. The van der Waals surface area contributed by atoms with E-state index >= 15 is 0 Å². The van der Waals surface area contributed by atoms with Crippen LogP contribution >= 0.6 is 0 Å². The summed E-state index contributed by atoms with van der Waals surface area (Å²) in [7, 11) is 0. The maximum absolute atomic E-state index is 12.0. The third-order valence-electron chi connectivity index (χ3n) is 2.70. The number of alkyl halides is 3. The molecule has 0 saturated heterocycles. The zero-order valence-corrected chi connectivity index (χ0v) is 11.0. The topological polar surface area (TPSA) is 21.3 Å². The van der Waals surface area contributed by atoms with Crippen molar-refractivity contribution in [3.05, 3.63) is 35.9 Å². The monoisotopic (exact) mass is 275 g/mol. The lowest BCUT2D eigenvalue weighted by Gasteiger charge is -2.18. The van der Waals surface area contributed by atoms with Gasteiger partial charge in [-0.2, -0.15) is 13.2 Å². The predicted molar refractivity (Wildman–Crippen MR) is 69.1 cm³/mol. The Bertz CT molecular complexity index is 340. The fraction of sp³-hybridized carbons (Fsp3) is 0.571. The van der Waals surface area contributed by atoms with Gasteiger partial charge in [0.05, 0.1) is 6.61 Å². The van der Waals surface area contributed by atoms with E-state index in [1.54, 1.807) is 0 Å². The number of likely N-dealkylation sites (N-methyl/N-ethyl adjacent to an activating group) is 1. The maximum atomic E-state index is 12.0. The van der Waals surface area contributed by atoms with Crippen LogP contribution in [0.25, 0.3) is 0 Å². The lowest BCUT2D eigenvalue weighted by molar-refractivity contribution is -0.175. The lowest BCUT2D eigenvalue weighted by atomic mass is 10.1. The van der Waals surface area contributed by atoms with E-state index in [0.29, 0.717) is 0 Å². The van der Waals surface area contributed by atoms with Gasteiger partial charge in [-0.3, -0.25) is 0 Å². The minimum atomic E-state index is -4.25. The summed E-state index contributed by atoms with van der Waals surface area (Å²) in [4.78, 5) is 0. The Morgan fingerprint density at radius 2 is 1.89 bits per heavy atom. The second-order valence-electron chi connectivity index (χ2n) is 4.41. The van der Waals surface area contributed by atoms with E-state index in [4.69, 9.17) is 4.74 Å². The summed E-state index contributed by atoms with van der Waals surface area (Å²) >= 11 is 0. The average Bonchev–Trinajstić information content (AvgIpc) is 2.36. The number of benzene rings is 1. The minimum absolute atomic E-state index is 0.0486. The van der Waals surface area contributed by atoms with Crippen LogP contribution in [0.1, 0.15) is 18.9 Å². The summed E-state index contributed by atoms with van der Waals surface area (Å²) in [6, 6.07) is 9.83. The van der Waals surface area contributed by atoms with Gasteiger partial charge >= 0.3 is 6.18 Å². The van der Waals surface area contributed by atoms with Crippen molar-refractivity contribution >= 4 is 0 Å². The van der Waals surface area contributed by atoms with Gasteiger partial charge in [0.2, 0.25) is 0 Å². The Hall–Kier alpha value is -1.07. The number of ether oxygens (including phenoxy) is 1. The molecular weight excluding hydrogens is 255 g/mol. The van der Waals surface area contributed by atoms with Crippen molar-refractivity contribution in [2.24, 2.45) is 0 Å². The zero-order chi connectivity index (χ0) is 14.1. The van der Waals surface area contributed by atoms with Gasteiger partial charge in [0.15, 0.2) is 0 Å². The molecule has 0 aromatic heterocycles. The lowest BCUT2D eigenvalue weighted by Crippen LogP contribution is -2.35. The summed E-state index contributed by atoms with van der Waals surface area (Å²) in [5, 5.41) is 3.15. The molecule has 0 aliphatic carbocycles. The maximum Gasteiger partial charge on any atom is 0.411 e. The van der Waals surface area contributed by atoms with Crippen LogP contribution in [0.3, 0.4) is 0 Å². The van der Waals surface area contributed by atoms with Crippen molar-refractivity contribution in [1.82, 2.24) is 5.32 Å². The van der Waals surface area contributed by atoms with Crippen molar-refractivity contribution in [3.8, 4) is 0 Å². The highest BCUT2D eigenvalue weighted by Crippen LogP contribution is 2.15. The fourth-order valence-electron chi connectivity index (χ4n) is 1.84. The first-order chi connectivity index (χ1) is 9.01. The summed E-state index contributed by atoms with van der Waals surface area (Å²) in [5.74, 6) is 0. The molecule has 5 heteroatoms. The molecule has 108 valence electrons. The molecule has 0 bridgehead atoms. The molecule has 1 N–H and O–H groups in total. The molecule has 0 amide bonds. The second kappa shape index (κ2) is 8.17. The first kappa shape index (κ1) is 16.0. The molecule has 1 atom stereocenters. The molecular formula is C14H20F3NO. The number of hydrogen-bond acceptors (Lipinski definition) is 2. The number of hydrogen-bond donors (Lipinski definition) is 1. The van der Waals surface area contributed by atoms with Crippen LogP contribution in [0.15, 0.2) is 30.3 Å². The first-order valence-corrected chi connectivity index (χ1v) is 6.43. The van der Waals surface area contributed by atoms with Crippen molar-refractivity contribution < 1.29 is 17.9 Å². The molecule has 0 aliphatic rings. The molecule has 19 heavy (non-hydrogen) atoms. The van der Waals surface area contributed by atoms with Crippen molar-refractivity contribution in [2.45, 2.75) is 32.0 Å². The highest BCUT2D eigenvalue weighted by molar-refractivity contribution is 5.14. The Morgan fingerprint density at radius 3 is 2.47 bits per heavy atom. The normalized spacial score (nSPS) is 13.5. The molecule has 0 aliphatic heterocycles. The van der Waals surface area contributed by atoms with E-state index in [2.05, 4.69) is 5.32 Å². The molecule has 1 aromatic carbocycles. The van der Waals surface area contributed by atoms with Gasteiger partial charge in [-0.1, -0.05) is 37.3 Å². The molecule has 2 nitrogen and oxygen atoms in total. The third kappa shape index (κ3) is 7.85. The molecule has 0 spiro atoms. The molecule has 1 unspecified atom stereocenters. The van der Waals surface area contributed by atoms with Crippen LogP contribution in [0.2, 0.25) is 0 Å². The van der Waals surface area contributed by atoms with Gasteiger partial charge in [0, 0.05) is 6.04 Å². The van der Waals surface area contributed by atoms with Crippen LogP contribution in [-0.2, 0) is 11.2 Å². The van der Waals surface area contributed by atoms with Crippen molar-refractivity contribution in [3.63, 3.8) is 0 Å². The number of nitrogens with one attached hydrogen (secondary N) is 1. The van der Waals surface area contributed by atoms with Crippen molar-refractivity contribution in [1.29, 1.82) is 0 Å². The van der Waals surface area contributed by atoms with E-state index in [9.17, 15) is 13.2 Å². The second-order valence-corrected chi connectivity index (χ2v) is 4.41.